The molecule has 0 aliphatic heterocycles. The van der Waals surface area contributed by atoms with Gasteiger partial charge in [0, 0.05) is 28.9 Å². The van der Waals surface area contributed by atoms with Crippen LogP contribution in [0, 0.1) is 0 Å². The second-order valence-corrected chi connectivity index (χ2v) is 8.00. The summed E-state index contributed by atoms with van der Waals surface area (Å²) in [5.74, 6) is -0.0279. The van der Waals surface area contributed by atoms with Gasteiger partial charge in [-0.15, -0.1) is 0 Å². The molecule has 0 unspecified atom stereocenters. The SMILES string of the molecule is CC(=O)c1ccnc(-c2ccc3c(ccn3S(=O)(=O)c3ccccc3)c2)c1. The lowest BCUT2D eigenvalue weighted by atomic mass is 10.1. The first-order valence-corrected chi connectivity index (χ1v) is 9.80. The van der Waals surface area contributed by atoms with Gasteiger partial charge in [-0.05, 0) is 49.4 Å². The van der Waals surface area contributed by atoms with E-state index < -0.39 is 10.0 Å². The highest BCUT2D eigenvalue weighted by Crippen LogP contribution is 2.27. The summed E-state index contributed by atoms with van der Waals surface area (Å²) in [4.78, 5) is 16.2. The van der Waals surface area contributed by atoms with Crippen LogP contribution in [0.25, 0.3) is 22.2 Å². The maximum atomic E-state index is 12.9. The molecule has 0 atom stereocenters. The summed E-state index contributed by atoms with van der Waals surface area (Å²) in [7, 11) is -3.66. The van der Waals surface area contributed by atoms with Crippen molar-refractivity contribution in [3.63, 3.8) is 0 Å². The lowest BCUT2D eigenvalue weighted by Gasteiger charge is -2.08. The molecule has 0 spiro atoms. The van der Waals surface area contributed by atoms with Gasteiger partial charge in [0.1, 0.15) is 0 Å². The molecule has 4 aromatic rings. The minimum Gasteiger partial charge on any atom is -0.295 e. The Kier molecular flexibility index (Phi) is 4.12. The third-order valence-corrected chi connectivity index (χ3v) is 6.12. The van der Waals surface area contributed by atoms with Crippen LogP contribution in [0.4, 0.5) is 0 Å². The number of benzene rings is 2. The van der Waals surface area contributed by atoms with Crippen molar-refractivity contribution in [2.75, 3.05) is 0 Å². The predicted octanol–water partition coefficient (Wildman–Crippen LogP) is 4.14. The van der Waals surface area contributed by atoms with Gasteiger partial charge in [-0.2, -0.15) is 0 Å². The van der Waals surface area contributed by atoms with Crippen molar-refractivity contribution in [2.24, 2.45) is 0 Å². The van der Waals surface area contributed by atoms with E-state index in [1.54, 1.807) is 67.0 Å². The number of rotatable bonds is 4. The molecule has 2 heterocycles. The molecule has 0 bridgehead atoms. The number of hydrogen-bond acceptors (Lipinski definition) is 4. The Morgan fingerprint density at radius 3 is 2.48 bits per heavy atom. The standard InChI is InChI=1S/C21H16N2O3S/c1-15(24)16-9-11-22-20(14-16)17-7-8-21-18(13-17)10-12-23(21)27(25,26)19-5-3-2-4-6-19/h2-14H,1H3. The minimum absolute atomic E-state index is 0.0279. The molecule has 134 valence electrons. The molecule has 27 heavy (non-hydrogen) atoms. The molecule has 0 aliphatic carbocycles. The van der Waals surface area contributed by atoms with E-state index in [0.29, 0.717) is 16.8 Å². The first kappa shape index (κ1) is 17.2. The van der Waals surface area contributed by atoms with Crippen molar-refractivity contribution in [3.8, 4) is 11.3 Å². The molecular weight excluding hydrogens is 360 g/mol. The smallest absolute Gasteiger partial charge is 0.268 e. The molecule has 2 aromatic heterocycles. The van der Waals surface area contributed by atoms with Crippen molar-refractivity contribution >= 4 is 26.7 Å². The number of fused-ring (bicyclic) bond motifs is 1. The zero-order valence-electron chi connectivity index (χ0n) is 14.5. The third-order valence-electron chi connectivity index (χ3n) is 4.42. The first-order chi connectivity index (χ1) is 13.0. The van der Waals surface area contributed by atoms with Crippen LogP contribution in [0.15, 0.2) is 84.0 Å². The molecule has 0 N–H and O–H groups in total. The summed E-state index contributed by atoms with van der Waals surface area (Å²) >= 11 is 0. The van der Waals surface area contributed by atoms with Crippen molar-refractivity contribution in [1.82, 2.24) is 8.96 Å². The average Bonchev–Trinajstić information content (AvgIpc) is 3.13. The topological polar surface area (TPSA) is 69.0 Å². The van der Waals surface area contributed by atoms with Crippen molar-refractivity contribution < 1.29 is 13.2 Å². The highest BCUT2D eigenvalue weighted by Gasteiger charge is 2.18. The predicted molar refractivity (Wildman–Crippen MR) is 104 cm³/mol. The number of carbonyl (C=O) groups excluding carboxylic acids is 1. The summed E-state index contributed by atoms with van der Waals surface area (Å²) in [6.07, 6.45) is 3.15. The lowest BCUT2D eigenvalue weighted by Crippen LogP contribution is -2.11. The summed E-state index contributed by atoms with van der Waals surface area (Å²) in [6.45, 7) is 1.51. The van der Waals surface area contributed by atoms with E-state index in [-0.39, 0.29) is 10.7 Å². The summed E-state index contributed by atoms with van der Waals surface area (Å²) < 4.78 is 27.1. The number of carbonyl (C=O) groups is 1. The third kappa shape index (κ3) is 3.04. The Bertz CT molecular complexity index is 1260. The molecule has 4 rings (SSSR count). The summed E-state index contributed by atoms with van der Waals surface area (Å²) in [5.41, 5.74) is 2.67. The Morgan fingerprint density at radius 2 is 1.74 bits per heavy atom. The molecule has 0 amide bonds. The van der Waals surface area contributed by atoms with Crippen LogP contribution >= 0.6 is 0 Å². The molecule has 0 saturated heterocycles. The molecule has 0 saturated carbocycles. The van der Waals surface area contributed by atoms with E-state index in [1.165, 1.54) is 10.9 Å². The number of ketones is 1. The highest BCUT2D eigenvalue weighted by molar-refractivity contribution is 7.90. The average molecular weight is 376 g/mol. The molecular formula is C21H16N2O3S. The van der Waals surface area contributed by atoms with Crippen molar-refractivity contribution in [3.05, 3.63) is 84.7 Å². The monoisotopic (exact) mass is 376 g/mol. The van der Waals surface area contributed by atoms with Crippen molar-refractivity contribution in [2.45, 2.75) is 11.8 Å². The maximum Gasteiger partial charge on any atom is 0.268 e. The summed E-state index contributed by atoms with van der Waals surface area (Å²) in [6, 6.07) is 18.9. The van der Waals surface area contributed by atoms with E-state index >= 15 is 0 Å². The normalized spacial score (nSPS) is 11.6. The molecule has 0 fully saturated rings. The van der Waals surface area contributed by atoms with E-state index in [9.17, 15) is 13.2 Å². The fourth-order valence-corrected chi connectivity index (χ4v) is 4.37. The number of aromatic nitrogens is 2. The van der Waals surface area contributed by atoms with Gasteiger partial charge in [0.15, 0.2) is 5.78 Å². The second-order valence-electron chi connectivity index (χ2n) is 6.19. The van der Waals surface area contributed by atoms with Gasteiger partial charge >= 0.3 is 0 Å². The van der Waals surface area contributed by atoms with Gasteiger partial charge in [-0.25, -0.2) is 12.4 Å². The van der Waals surface area contributed by atoms with Gasteiger partial charge in [0.05, 0.1) is 16.1 Å². The van der Waals surface area contributed by atoms with Crippen LogP contribution in [0.2, 0.25) is 0 Å². The van der Waals surface area contributed by atoms with Crippen LogP contribution in [-0.2, 0) is 10.0 Å². The van der Waals surface area contributed by atoms with Crippen LogP contribution in [0.5, 0.6) is 0 Å². The Labute approximate surface area is 157 Å². The minimum atomic E-state index is -3.66. The molecule has 2 aromatic carbocycles. The van der Waals surface area contributed by atoms with Crippen LogP contribution < -0.4 is 0 Å². The van der Waals surface area contributed by atoms with Crippen LogP contribution in [0.1, 0.15) is 17.3 Å². The van der Waals surface area contributed by atoms with Gasteiger partial charge < -0.3 is 0 Å². The maximum absolute atomic E-state index is 12.9. The second kappa shape index (κ2) is 6.48. The fourth-order valence-electron chi connectivity index (χ4n) is 3.00. The molecule has 0 radical (unpaired) electrons. The number of Topliss-reactive ketones (excluding diaryl/α,β-unsaturated/α-hetero) is 1. The largest absolute Gasteiger partial charge is 0.295 e. The first-order valence-electron chi connectivity index (χ1n) is 8.36. The van der Waals surface area contributed by atoms with E-state index in [4.69, 9.17) is 0 Å². The number of pyridine rings is 1. The fraction of sp³-hybridized carbons (Fsp3) is 0.0476. The van der Waals surface area contributed by atoms with Gasteiger partial charge in [0.25, 0.3) is 10.0 Å². The molecule has 6 heteroatoms. The number of nitrogens with zero attached hydrogens (tertiary/aromatic N) is 2. The van der Waals surface area contributed by atoms with Gasteiger partial charge in [0.2, 0.25) is 0 Å². The van der Waals surface area contributed by atoms with E-state index in [1.807, 2.05) is 12.1 Å². The summed E-state index contributed by atoms with van der Waals surface area (Å²) in [5, 5.41) is 0.780. The van der Waals surface area contributed by atoms with Crippen LogP contribution in [-0.4, -0.2) is 23.2 Å². The van der Waals surface area contributed by atoms with Crippen molar-refractivity contribution in [1.29, 1.82) is 0 Å². The van der Waals surface area contributed by atoms with Crippen LogP contribution in [0.3, 0.4) is 0 Å². The lowest BCUT2D eigenvalue weighted by molar-refractivity contribution is 0.101. The zero-order valence-corrected chi connectivity index (χ0v) is 15.3. The van der Waals surface area contributed by atoms with E-state index in [0.717, 1.165) is 10.9 Å². The Balaban J connectivity index is 1.81. The quantitative estimate of drug-likeness (QED) is 0.502. The van der Waals surface area contributed by atoms with E-state index in [2.05, 4.69) is 4.98 Å². The number of hydrogen-bond donors (Lipinski definition) is 0. The zero-order chi connectivity index (χ0) is 19.0. The molecule has 0 aliphatic rings. The van der Waals surface area contributed by atoms with Gasteiger partial charge in [-0.1, -0.05) is 24.3 Å². The Morgan fingerprint density at radius 1 is 0.963 bits per heavy atom. The Hall–Kier alpha value is -3.25. The highest BCUT2D eigenvalue weighted by atomic mass is 32.2. The molecule has 5 nitrogen and oxygen atoms in total. The van der Waals surface area contributed by atoms with Gasteiger partial charge in [-0.3, -0.25) is 9.78 Å².